The lowest BCUT2D eigenvalue weighted by atomic mass is 10.2. The number of thioether (sulfide) groups is 1. The molecular weight excluding hydrogens is 372 g/mol. The summed E-state index contributed by atoms with van der Waals surface area (Å²) in [5.41, 5.74) is 2.21. The second kappa shape index (κ2) is 9.41. The highest BCUT2D eigenvalue weighted by molar-refractivity contribution is 7.99. The predicted molar refractivity (Wildman–Crippen MR) is 110 cm³/mol. The summed E-state index contributed by atoms with van der Waals surface area (Å²) < 4.78 is 7.28. The molecule has 0 unspecified atom stereocenters. The van der Waals surface area contributed by atoms with E-state index in [1.165, 1.54) is 17.3 Å². The molecule has 3 rings (SSSR count). The number of nitrogens with zero attached hydrogens (tertiary/aromatic N) is 4. The first-order valence-corrected chi connectivity index (χ1v) is 9.99. The Morgan fingerprint density at radius 2 is 1.86 bits per heavy atom. The molecule has 6 nitrogen and oxygen atoms in total. The molecular formula is C21H24N4O2S. The molecule has 0 bridgehead atoms. The zero-order valence-electron chi connectivity index (χ0n) is 16.3. The van der Waals surface area contributed by atoms with E-state index in [0.29, 0.717) is 18.8 Å². The third-order valence-corrected chi connectivity index (χ3v) is 5.34. The Kier molecular flexibility index (Phi) is 6.71. The molecule has 0 spiro atoms. The standard InChI is InChI=1S/C21H24N4O2S/c1-16-22-23-21(25(16)14-17-8-5-4-6-9-17)28-15-20(26)24(2)13-18-10-7-11-19(12-18)27-3/h4-12H,13-15H2,1-3H3. The van der Waals surface area contributed by atoms with E-state index in [1.807, 2.05) is 61.0 Å². The average molecular weight is 397 g/mol. The Balaban J connectivity index is 1.60. The zero-order valence-corrected chi connectivity index (χ0v) is 17.1. The maximum Gasteiger partial charge on any atom is 0.233 e. The molecule has 3 aromatic rings. The number of aryl methyl sites for hydroxylation is 1. The van der Waals surface area contributed by atoms with Crippen molar-refractivity contribution >= 4 is 17.7 Å². The van der Waals surface area contributed by atoms with Crippen LogP contribution in [-0.4, -0.2) is 45.5 Å². The molecule has 1 amide bonds. The molecule has 1 aromatic heterocycles. The summed E-state index contributed by atoms with van der Waals surface area (Å²) in [6.07, 6.45) is 0. The van der Waals surface area contributed by atoms with Gasteiger partial charge in [0.05, 0.1) is 19.4 Å². The molecule has 0 aliphatic carbocycles. The van der Waals surface area contributed by atoms with Gasteiger partial charge in [0, 0.05) is 13.6 Å². The maximum absolute atomic E-state index is 12.6. The Bertz CT molecular complexity index is 927. The van der Waals surface area contributed by atoms with Crippen molar-refractivity contribution in [3.8, 4) is 5.75 Å². The van der Waals surface area contributed by atoms with Gasteiger partial charge in [-0.1, -0.05) is 54.2 Å². The largest absolute Gasteiger partial charge is 0.497 e. The van der Waals surface area contributed by atoms with Crippen molar-refractivity contribution in [2.75, 3.05) is 19.9 Å². The van der Waals surface area contributed by atoms with Crippen molar-refractivity contribution < 1.29 is 9.53 Å². The summed E-state index contributed by atoms with van der Waals surface area (Å²) >= 11 is 1.42. The first kappa shape index (κ1) is 19.9. The van der Waals surface area contributed by atoms with Crippen molar-refractivity contribution in [1.82, 2.24) is 19.7 Å². The summed E-state index contributed by atoms with van der Waals surface area (Å²) in [5, 5.41) is 9.17. The van der Waals surface area contributed by atoms with Crippen LogP contribution >= 0.6 is 11.8 Å². The number of benzene rings is 2. The van der Waals surface area contributed by atoms with Crippen LogP contribution in [0.15, 0.2) is 59.8 Å². The Morgan fingerprint density at radius 3 is 2.61 bits per heavy atom. The molecule has 7 heteroatoms. The third-order valence-electron chi connectivity index (χ3n) is 4.39. The molecule has 0 N–H and O–H groups in total. The highest BCUT2D eigenvalue weighted by Gasteiger charge is 2.15. The number of aromatic nitrogens is 3. The molecule has 146 valence electrons. The Labute approximate surface area is 169 Å². The fourth-order valence-electron chi connectivity index (χ4n) is 2.79. The minimum atomic E-state index is 0.0414. The van der Waals surface area contributed by atoms with Crippen LogP contribution in [0.5, 0.6) is 5.75 Å². The Hall–Kier alpha value is -2.80. The molecule has 1 heterocycles. The summed E-state index contributed by atoms with van der Waals surface area (Å²) in [7, 11) is 3.44. The number of carbonyl (C=O) groups excluding carboxylic acids is 1. The summed E-state index contributed by atoms with van der Waals surface area (Å²) in [4.78, 5) is 14.3. The van der Waals surface area contributed by atoms with Crippen LogP contribution < -0.4 is 4.74 Å². The first-order chi connectivity index (χ1) is 13.6. The van der Waals surface area contributed by atoms with E-state index < -0.39 is 0 Å². The van der Waals surface area contributed by atoms with Gasteiger partial charge in [0.2, 0.25) is 5.91 Å². The maximum atomic E-state index is 12.6. The van der Waals surface area contributed by atoms with Gasteiger partial charge in [-0.05, 0) is 30.2 Å². The molecule has 0 atom stereocenters. The number of amides is 1. The van der Waals surface area contributed by atoms with Crippen molar-refractivity contribution in [3.05, 3.63) is 71.5 Å². The number of ether oxygens (including phenoxy) is 1. The fourth-order valence-corrected chi connectivity index (χ4v) is 3.71. The molecule has 0 saturated heterocycles. The van der Waals surface area contributed by atoms with Crippen LogP contribution in [0.1, 0.15) is 17.0 Å². The molecule has 28 heavy (non-hydrogen) atoms. The van der Waals surface area contributed by atoms with E-state index in [9.17, 15) is 4.79 Å². The number of hydrogen-bond acceptors (Lipinski definition) is 5. The lowest BCUT2D eigenvalue weighted by Crippen LogP contribution is -2.28. The van der Waals surface area contributed by atoms with Gasteiger partial charge in [0.15, 0.2) is 5.16 Å². The summed E-state index contributed by atoms with van der Waals surface area (Å²) in [6, 6.07) is 17.9. The van der Waals surface area contributed by atoms with E-state index >= 15 is 0 Å². The minimum Gasteiger partial charge on any atom is -0.497 e. The topological polar surface area (TPSA) is 60.2 Å². The van der Waals surface area contributed by atoms with Gasteiger partial charge in [-0.2, -0.15) is 0 Å². The van der Waals surface area contributed by atoms with Gasteiger partial charge < -0.3 is 14.2 Å². The lowest BCUT2D eigenvalue weighted by molar-refractivity contribution is -0.127. The van der Waals surface area contributed by atoms with Crippen LogP contribution in [0.3, 0.4) is 0 Å². The first-order valence-electron chi connectivity index (χ1n) is 9.00. The van der Waals surface area contributed by atoms with Gasteiger partial charge in [0.1, 0.15) is 11.6 Å². The van der Waals surface area contributed by atoms with E-state index in [-0.39, 0.29) is 5.91 Å². The molecule has 0 fully saturated rings. The van der Waals surface area contributed by atoms with Gasteiger partial charge >= 0.3 is 0 Å². The molecule has 0 saturated carbocycles. The van der Waals surface area contributed by atoms with Crippen LogP contribution in [0.4, 0.5) is 0 Å². The summed E-state index contributed by atoms with van der Waals surface area (Å²) in [6.45, 7) is 3.15. The molecule has 0 aliphatic heterocycles. The monoisotopic (exact) mass is 396 g/mol. The Morgan fingerprint density at radius 1 is 1.11 bits per heavy atom. The van der Waals surface area contributed by atoms with Gasteiger partial charge in [0.25, 0.3) is 0 Å². The fraction of sp³-hybridized carbons (Fsp3) is 0.286. The zero-order chi connectivity index (χ0) is 19.9. The average Bonchev–Trinajstić information content (AvgIpc) is 3.06. The van der Waals surface area contributed by atoms with E-state index in [2.05, 4.69) is 22.3 Å². The SMILES string of the molecule is COc1cccc(CN(C)C(=O)CSc2nnc(C)n2Cc2ccccc2)c1. The van der Waals surface area contributed by atoms with Crippen molar-refractivity contribution in [3.63, 3.8) is 0 Å². The number of carbonyl (C=O) groups is 1. The third kappa shape index (κ3) is 5.13. The minimum absolute atomic E-state index is 0.0414. The quantitative estimate of drug-likeness (QED) is 0.546. The normalized spacial score (nSPS) is 10.7. The number of hydrogen-bond donors (Lipinski definition) is 0. The van der Waals surface area contributed by atoms with Crippen LogP contribution in [0.25, 0.3) is 0 Å². The van der Waals surface area contributed by atoms with E-state index in [0.717, 1.165) is 22.3 Å². The molecule has 0 aliphatic rings. The number of rotatable bonds is 8. The van der Waals surface area contributed by atoms with Crippen LogP contribution in [0, 0.1) is 6.92 Å². The predicted octanol–water partition coefficient (Wildman–Crippen LogP) is 3.39. The van der Waals surface area contributed by atoms with Crippen LogP contribution in [-0.2, 0) is 17.9 Å². The van der Waals surface area contributed by atoms with Crippen molar-refractivity contribution in [2.45, 2.75) is 25.2 Å². The van der Waals surface area contributed by atoms with Crippen molar-refractivity contribution in [2.24, 2.45) is 0 Å². The van der Waals surface area contributed by atoms with E-state index in [1.54, 1.807) is 12.0 Å². The highest BCUT2D eigenvalue weighted by atomic mass is 32.2. The molecule has 0 radical (unpaired) electrons. The molecule has 2 aromatic carbocycles. The smallest absolute Gasteiger partial charge is 0.233 e. The summed E-state index contributed by atoms with van der Waals surface area (Å²) in [5.74, 6) is 1.98. The lowest BCUT2D eigenvalue weighted by Gasteiger charge is -2.17. The number of methoxy groups -OCH3 is 1. The second-order valence-corrected chi connectivity index (χ2v) is 7.43. The van der Waals surface area contributed by atoms with Gasteiger partial charge in [-0.3, -0.25) is 4.79 Å². The van der Waals surface area contributed by atoms with Crippen LogP contribution in [0.2, 0.25) is 0 Å². The second-order valence-electron chi connectivity index (χ2n) is 6.49. The van der Waals surface area contributed by atoms with Gasteiger partial charge in [-0.15, -0.1) is 10.2 Å². The van der Waals surface area contributed by atoms with E-state index in [4.69, 9.17) is 4.74 Å². The van der Waals surface area contributed by atoms with Crippen molar-refractivity contribution in [1.29, 1.82) is 0 Å². The van der Waals surface area contributed by atoms with Gasteiger partial charge in [-0.25, -0.2) is 0 Å². The highest BCUT2D eigenvalue weighted by Crippen LogP contribution is 2.20.